The van der Waals surface area contributed by atoms with E-state index in [4.69, 9.17) is 14.2 Å². The number of hydrogen-bond acceptors (Lipinski definition) is 4. The van der Waals surface area contributed by atoms with Crippen molar-refractivity contribution in [2.75, 3.05) is 40.0 Å². The highest BCUT2D eigenvalue weighted by atomic mass is 16.5. The average molecular weight is 349 g/mol. The fraction of sp³-hybridized carbons (Fsp3) is 0.632. The largest absolute Gasteiger partial charge is 0.494 e. The minimum absolute atomic E-state index is 0.274. The molecule has 1 aliphatic heterocycles. The van der Waals surface area contributed by atoms with Gasteiger partial charge in [0.2, 0.25) is 0 Å². The molecule has 0 saturated carbocycles. The normalized spacial score (nSPS) is 17.6. The number of benzene rings is 1. The van der Waals surface area contributed by atoms with Crippen LogP contribution in [0.5, 0.6) is 5.75 Å². The number of aryl methyl sites for hydroxylation is 1. The molecule has 0 amide bonds. The Morgan fingerprint density at radius 3 is 2.96 bits per heavy atom. The lowest BCUT2D eigenvalue weighted by atomic mass is 10.1. The summed E-state index contributed by atoms with van der Waals surface area (Å²) in [6.07, 6.45) is 2.52. The minimum Gasteiger partial charge on any atom is -0.494 e. The lowest BCUT2D eigenvalue weighted by molar-refractivity contribution is 0.0191. The zero-order valence-electron chi connectivity index (χ0n) is 15.6. The highest BCUT2D eigenvalue weighted by Gasteiger charge is 2.15. The van der Waals surface area contributed by atoms with Gasteiger partial charge in [-0.2, -0.15) is 0 Å². The van der Waals surface area contributed by atoms with Crippen molar-refractivity contribution in [3.63, 3.8) is 0 Å². The summed E-state index contributed by atoms with van der Waals surface area (Å²) in [5.41, 5.74) is 2.31. The van der Waals surface area contributed by atoms with Crippen LogP contribution in [0, 0.1) is 6.92 Å². The third kappa shape index (κ3) is 6.92. The molecule has 25 heavy (non-hydrogen) atoms. The summed E-state index contributed by atoms with van der Waals surface area (Å²) in [5, 5.41) is 6.57. The Kier molecular flexibility index (Phi) is 8.55. The van der Waals surface area contributed by atoms with Crippen LogP contribution in [0.25, 0.3) is 0 Å². The van der Waals surface area contributed by atoms with Crippen molar-refractivity contribution < 1.29 is 14.2 Å². The fourth-order valence-electron chi connectivity index (χ4n) is 2.73. The van der Waals surface area contributed by atoms with Gasteiger partial charge in [0.1, 0.15) is 5.75 Å². The summed E-state index contributed by atoms with van der Waals surface area (Å²) in [6.45, 7) is 8.26. The van der Waals surface area contributed by atoms with Gasteiger partial charge in [-0.3, -0.25) is 4.99 Å². The third-order valence-corrected chi connectivity index (χ3v) is 4.06. The molecule has 1 fully saturated rings. The van der Waals surface area contributed by atoms with Crippen LogP contribution < -0.4 is 15.4 Å². The Labute approximate surface area is 151 Å². The van der Waals surface area contributed by atoms with E-state index in [2.05, 4.69) is 40.7 Å². The van der Waals surface area contributed by atoms with Gasteiger partial charge in [-0.05, 0) is 38.3 Å². The Balaban J connectivity index is 1.69. The number of aliphatic imine (C=N–C) groups is 1. The maximum absolute atomic E-state index is 5.71. The Morgan fingerprint density at radius 1 is 1.36 bits per heavy atom. The topological polar surface area (TPSA) is 64.1 Å². The van der Waals surface area contributed by atoms with Crippen molar-refractivity contribution in [3.05, 3.63) is 29.3 Å². The van der Waals surface area contributed by atoms with E-state index in [-0.39, 0.29) is 6.10 Å². The summed E-state index contributed by atoms with van der Waals surface area (Å²) in [6, 6.07) is 6.25. The minimum atomic E-state index is 0.274. The molecule has 1 aliphatic rings. The van der Waals surface area contributed by atoms with E-state index >= 15 is 0 Å². The number of rotatable bonds is 9. The van der Waals surface area contributed by atoms with Crippen LogP contribution in [0.3, 0.4) is 0 Å². The van der Waals surface area contributed by atoms with E-state index in [1.807, 2.05) is 6.92 Å². The number of ether oxygens (including phenoxy) is 3. The quantitative estimate of drug-likeness (QED) is 0.407. The molecule has 6 heteroatoms. The first-order valence-corrected chi connectivity index (χ1v) is 9.09. The van der Waals surface area contributed by atoms with Crippen LogP contribution in [0.15, 0.2) is 23.2 Å². The van der Waals surface area contributed by atoms with Crippen LogP contribution in [0.1, 0.15) is 30.9 Å². The van der Waals surface area contributed by atoms with Crippen molar-refractivity contribution in [3.8, 4) is 5.75 Å². The van der Waals surface area contributed by atoms with Crippen LogP contribution in [0.2, 0.25) is 0 Å². The molecule has 1 aromatic rings. The van der Waals surface area contributed by atoms with E-state index in [1.54, 1.807) is 7.05 Å². The number of nitrogens with zero attached hydrogens (tertiary/aromatic N) is 1. The molecular weight excluding hydrogens is 318 g/mol. The Hall–Kier alpha value is -1.79. The lowest BCUT2D eigenvalue weighted by Crippen LogP contribution is -2.38. The summed E-state index contributed by atoms with van der Waals surface area (Å²) >= 11 is 0. The molecule has 1 unspecified atom stereocenters. The highest BCUT2D eigenvalue weighted by Crippen LogP contribution is 2.20. The molecule has 0 aromatic heterocycles. The predicted molar refractivity (Wildman–Crippen MR) is 100 cm³/mol. The fourth-order valence-corrected chi connectivity index (χ4v) is 2.73. The second-order valence-corrected chi connectivity index (χ2v) is 6.11. The van der Waals surface area contributed by atoms with E-state index in [0.29, 0.717) is 32.9 Å². The van der Waals surface area contributed by atoms with Crippen molar-refractivity contribution >= 4 is 5.96 Å². The maximum atomic E-state index is 5.71. The molecular formula is C19H31N3O3. The lowest BCUT2D eigenvalue weighted by Gasteiger charge is -2.15. The van der Waals surface area contributed by atoms with Gasteiger partial charge in [-0.25, -0.2) is 0 Å². The van der Waals surface area contributed by atoms with Crippen molar-refractivity contribution in [1.82, 2.24) is 10.6 Å². The SMILES string of the molecule is CCOc1cc(C)ccc1CNC(=NC)NCCOCC1CCCO1. The monoisotopic (exact) mass is 349 g/mol. The number of guanidine groups is 1. The van der Waals surface area contributed by atoms with Gasteiger partial charge >= 0.3 is 0 Å². The molecule has 1 heterocycles. The first kappa shape index (κ1) is 19.5. The zero-order valence-corrected chi connectivity index (χ0v) is 15.6. The Morgan fingerprint density at radius 2 is 2.24 bits per heavy atom. The average Bonchev–Trinajstić information content (AvgIpc) is 3.12. The highest BCUT2D eigenvalue weighted by molar-refractivity contribution is 5.79. The summed E-state index contributed by atoms with van der Waals surface area (Å²) in [5.74, 6) is 1.68. The third-order valence-electron chi connectivity index (χ3n) is 4.06. The van der Waals surface area contributed by atoms with Crippen molar-refractivity contribution in [2.45, 2.75) is 39.3 Å². The van der Waals surface area contributed by atoms with Gasteiger partial charge in [0.05, 0.1) is 25.9 Å². The molecule has 1 saturated heterocycles. The first-order chi connectivity index (χ1) is 12.2. The molecule has 1 atom stereocenters. The molecule has 0 aliphatic carbocycles. The van der Waals surface area contributed by atoms with Gasteiger partial charge in [0.15, 0.2) is 5.96 Å². The molecule has 2 rings (SSSR count). The molecule has 0 bridgehead atoms. The van der Waals surface area contributed by atoms with E-state index in [1.165, 1.54) is 5.56 Å². The van der Waals surface area contributed by atoms with Crippen LogP contribution >= 0.6 is 0 Å². The molecule has 0 spiro atoms. The second-order valence-electron chi connectivity index (χ2n) is 6.11. The molecule has 0 radical (unpaired) electrons. The van der Waals surface area contributed by atoms with Crippen LogP contribution in [-0.4, -0.2) is 52.1 Å². The van der Waals surface area contributed by atoms with Crippen molar-refractivity contribution in [1.29, 1.82) is 0 Å². The van der Waals surface area contributed by atoms with Gasteiger partial charge in [-0.15, -0.1) is 0 Å². The van der Waals surface area contributed by atoms with Gasteiger partial charge in [-0.1, -0.05) is 12.1 Å². The van der Waals surface area contributed by atoms with Crippen molar-refractivity contribution in [2.24, 2.45) is 4.99 Å². The smallest absolute Gasteiger partial charge is 0.191 e. The molecule has 140 valence electrons. The van der Waals surface area contributed by atoms with Gasteiger partial charge in [0, 0.05) is 32.3 Å². The Bertz CT molecular complexity index is 543. The molecule has 6 nitrogen and oxygen atoms in total. The van der Waals surface area contributed by atoms with Crippen LogP contribution in [-0.2, 0) is 16.0 Å². The second kappa shape index (κ2) is 10.9. The molecule has 2 N–H and O–H groups in total. The summed E-state index contributed by atoms with van der Waals surface area (Å²) < 4.78 is 16.9. The van der Waals surface area contributed by atoms with E-state index < -0.39 is 0 Å². The van der Waals surface area contributed by atoms with Gasteiger partial charge in [0.25, 0.3) is 0 Å². The van der Waals surface area contributed by atoms with E-state index in [9.17, 15) is 0 Å². The summed E-state index contributed by atoms with van der Waals surface area (Å²) in [7, 11) is 1.77. The van der Waals surface area contributed by atoms with Gasteiger partial charge < -0.3 is 24.8 Å². The standard InChI is InChI=1S/C19H31N3O3/c1-4-24-18-12-15(2)7-8-16(18)13-22-19(20-3)21-9-11-23-14-17-6-5-10-25-17/h7-8,12,17H,4-6,9-11,13-14H2,1-3H3,(H2,20,21,22). The number of nitrogens with one attached hydrogen (secondary N) is 2. The van der Waals surface area contributed by atoms with E-state index in [0.717, 1.165) is 36.7 Å². The zero-order chi connectivity index (χ0) is 17.9. The van der Waals surface area contributed by atoms with Crippen LogP contribution in [0.4, 0.5) is 0 Å². The first-order valence-electron chi connectivity index (χ1n) is 9.09. The molecule has 1 aromatic carbocycles. The summed E-state index contributed by atoms with van der Waals surface area (Å²) in [4.78, 5) is 4.24. The predicted octanol–water partition coefficient (Wildman–Crippen LogP) is 2.25. The number of hydrogen-bond donors (Lipinski definition) is 2. The maximum Gasteiger partial charge on any atom is 0.191 e.